The molecule has 4 aliphatic heterocycles. The van der Waals surface area contributed by atoms with Gasteiger partial charge in [0.25, 0.3) is 0 Å². The fraction of sp³-hybridized carbons (Fsp3) is 0.541. The lowest BCUT2D eigenvalue weighted by molar-refractivity contribution is -0.140. The van der Waals surface area contributed by atoms with Crippen LogP contribution in [0.5, 0.6) is 0 Å². The standard InChI is InChI=1S/C37H41NO10/c1-20-24-14-12-22(8-6-16-36(3)30(47-36)28(24)45-32(20)39)18-43-34(41)26-10-5-11-27(38-26)35(42)44-19-23-9-7-17-37(4)31(48-37)29-25(15-13-23)21(2)33(40)46-29/h5,8-11,24-25,28-31H,1-2,6-7,12-19H2,3-4H3/b22-8+,23-9+/t24-,25-,28-,29-,30-,31-,36+,37+/m0/s1. The second kappa shape index (κ2) is 12.4. The maximum absolute atomic E-state index is 13.0. The highest BCUT2D eigenvalue weighted by molar-refractivity contribution is 5.92. The van der Waals surface area contributed by atoms with Gasteiger partial charge in [0.2, 0.25) is 0 Å². The van der Waals surface area contributed by atoms with Crippen LogP contribution in [0, 0.1) is 11.8 Å². The minimum absolute atomic E-state index is 0.00419. The fourth-order valence-corrected chi connectivity index (χ4v) is 7.63. The molecule has 254 valence electrons. The SMILES string of the molecule is C=C1C(=O)O[C@H]2[C@H]1CC/C(COC(=O)c1cccc(C(=O)OC/C3=C/CC[C@@]4(C)O[C@H]4[C@H]4OC(=O)C(=C)[C@@H]4CC3)n1)=C\CC[C@@]1(C)O[C@@H]21. The molecule has 0 saturated carbocycles. The Bertz CT molecular complexity index is 1530. The van der Waals surface area contributed by atoms with Gasteiger partial charge in [0, 0.05) is 23.0 Å². The molecule has 1 aromatic rings. The smallest absolute Gasteiger partial charge is 0.357 e. The van der Waals surface area contributed by atoms with E-state index in [-0.39, 0.29) is 84.0 Å². The van der Waals surface area contributed by atoms with Gasteiger partial charge in [0.15, 0.2) is 0 Å². The molecular weight excluding hydrogens is 618 g/mol. The number of pyridine rings is 1. The summed E-state index contributed by atoms with van der Waals surface area (Å²) in [6.45, 7) is 12.1. The van der Waals surface area contributed by atoms with Gasteiger partial charge in [-0.3, -0.25) is 0 Å². The number of esters is 4. The largest absolute Gasteiger partial charge is 0.456 e. The highest BCUT2D eigenvalue weighted by Crippen LogP contribution is 2.51. The molecule has 0 N–H and O–H groups in total. The van der Waals surface area contributed by atoms with Gasteiger partial charge in [0.1, 0.15) is 49.0 Å². The predicted molar refractivity (Wildman–Crippen MR) is 169 cm³/mol. The van der Waals surface area contributed by atoms with Gasteiger partial charge in [0.05, 0.1) is 11.2 Å². The van der Waals surface area contributed by atoms with Crippen LogP contribution in [0.15, 0.2) is 65.8 Å². The maximum atomic E-state index is 13.0. The van der Waals surface area contributed by atoms with Crippen molar-refractivity contribution < 1.29 is 47.6 Å². The summed E-state index contributed by atoms with van der Waals surface area (Å²) >= 11 is 0. The van der Waals surface area contributed by atoms with E-state index in [0.29, 0.717) is 36.8 Å². The number of aromatic nitrogens is 1. The molecular formula is C37H41NO10. The minimum Gasteiger partial charge on any atom is -0.456 e. The molecule has 0 bridgehead atoms. The third-order valence-electron chi connectivity index (χ3n) is 10.8. The first-order valence-corrected chi connectivity index (χ1v) is 16.8. The Morgan fingerprint density at radius 1 is 0.792 bits per heavy atom. The van der Waals surface area contributed by atoms with Gasteiger partial charge in [-0.25, -0.2) is 24.2 Å². The Kier molecular flexibility index (Phi) is 8.40. The molecule has 0 aromatic carbocycles. The minimum atomic E-state index is -0.658. The highest BCUT2D eigenvalue weighted by atomic mass is 16.7. The van der Waals surface area contributed by atoms with Crippen LogP contribution in [0.2, 0.25) is 0 Å². The lowest BCUT2D eigenvalue weighted by atomic mass is 9.84. The van der Waals surface area contributed by atoms with Crippen LogP contribution in [0.1, 0.15) is 86.2 Å². The average molecular weight is 660 g/mol. The van der Waals surface area contributed by atoms with Gasteiger partial charge in [-0.1, -0.05) is 31.4 Å². The molecule has 4 fully saturated rings. The van der Waals surface area contributed by atoms with Crippen LogP contribution in [0.25, 0.3) is 0 Å². The quantitative estimate of drug-likeness (QED) is 0.135. The first-order valence-electron chi connectivity index (χ1n) is 16.8. The van der Waals surface area contributed by atoms with Crippen LogP contribution in [0.3, 0.4) is 0 Å². The molecule has 48 heavy (non-hydrogen) atoms. The number of epoxide rings is 2. The monoisotopic (exact) mass is 659 g/mol. The number of carbonyl (C=O) groups excluding carboxylic acids is 4. The van der Waals surface area contributed by atoms with Crippen LogP contribution < -0.4 is 0 Å². The summed E-state index contributed by atoms with van der Waals surface area (Å²) < 4.78 is 34.4. The molecule has 0 amide bonds. The average Bonchev–Trinajstić information content (AvgIpc) is 3.88. The molecule has 7 rings (SSSR count). The molecule has 11 nitrogen and oxygen atoms in total. The summed E-state index contributed by atoms with van der Waals surface area (Å²) in [6.07, 6.45) is 8.63. The van der Waals surface area contributed by atoms with Crippen molar-refractivity contribution in [1.82, 2.24) is 4.98 Å². The van der Waals surface area contributed by atoms with E-state index in [9.17, 15) is 19.2 Å². The van der Waals surface area contributed by atoms with E-state index in [1.54, 1.807) is 6.07 Å². The van der Waals surface area contributed by atoms with E-state index in [4.69, 9.17) is 28.4 Å². The number of rotatable bonds is 6. The Morgan fingerprint density at radius 3 is 1.67 bits per heavy atom. The third kappa shape index (κ3) is 6.25. The van der Waals surface area contributed by atoms with Gasteiger partial charge >= 0.3 is 23.9 Å². The zero-order valence-corrected chi connectivity index (χ0v) is 27.4. The third-order valence-corrected chi connectivity index (χ3v) is 10.8. The summed E-state index contributed by atoms with van der Waals surface area (Å²) in [5.74, 6) is -2.38. The van der Waals surface area contributed by atoms with Crippen molar-refractivity contribution in [2.45, 2.75) is 101 Å². The van der Waals surface area contributed by atoms with E-state index < -0.39 is 11.9 Å². The van der Waals surface area contributed by atoms with Crippen LogP contribution in [0.4, 0.5) is 0 Å². The Labute approximate surface area is 279 Å². The van der Waals surface area contributed by atoms with E-state index in [1.807, 2.05) is 13.8 Å². The zero-order valence-electron chi connectivity index (χ0n) is 27.4. The van der Waals surface area contributed by atoms with Crippen molar-refractivity contribution in [2.75, 3.05) is 13.2 Å². The number of hydrogen-bond donors (Lipinski definition) is 0. The molecule has 0 radical (unpaired) electrons. The molecule has 2 aliphatic carbocycles. The maximum Gasteiger partial charge on any atom is 0.357 e. The summed E-state index contributed by atoms with van der Waals surface area (Å²) in [4.78, 5) is 54.8. The predicted octanol–water partition coefficient (Wildman–Crippen LogP) is 4.91. The van der Waals surface area contributed by atoms with Crippen LogP contribution in [-0.4, -0.2) is 77.7 Å². The first-order chi connectivity index (χ1) is 23.0. The van der Waals surface area contributed by atoms with Crippen molar-refractivity contribution in [3.63, 3.8) is 0 Å². The fourth-order valence-electron chi connectivity index (χ4n) is 7.63. The van der Waals surface area contributed by atoms with E-state index in [1.165, 1.54) is 12.1 Å². The molecule has 11 heteroatoms. The van der Waals surface area contributed by atoms with E-state index >= 15 is 0 Å². The number of allylic oxidation sites excluding steroid dienone is 2. The van der Waals surface area contributed by atoms with Gasteiger partial charge in [-0.2, -0.15) is 0 Å². The van der Waals surface area contributed by atoms with Crippen LogP contribution in [-0.2, 0) is 38.0 Å². The lowest BCUT2D eigenvalue weighted by Crippen LogP contribution is -2.29. The number of nitrogens with zero attached hydrogens (tertiary/aromatic N) is 1. The van der Waals surface area contributed by atoms with Crippen molar-refractivity contribution >= 4 is 23.9 Å². The van der Waals surface area contributed by atoms with Crippen molar-refractivity contribution in [3.8, 4) is 0 Å². The molecule has 1 aromatic heterocycles. The van der Waals surface area contributed by atoms with Gasteiger partial charge < -0.3 is 28.4 Å². The van der Waals surface area contributed by atoms with Crippen molar-refractivity contribution in [2.24, 2.45) is 11.8 Å². The molecule has 0 spiro atoms. The first kappa shape index (κ1) is 32.5. The molecule has 8 atom stereocenters. The highest BCUT2D eigenvalue weighted by Gasteiger charge is 2.62. The molecule has 5 heterocycles. The lowest BCUT2D eigenvalue weighted by Gasteiger charge is -2.20. The topological polar surface area (TPSA) is 143 Å². The Hall–Kier alpha value is -4.09. The normalized spacial score (nSPS) is 37.9. The van der Waals surface area contributed by atoms with Gasteiger partial charge in [-0.05, 0) is 88.5 Å². The molecule has 4 saturated heterocycles. The molecule has 6 aliphatic rings. The van der Waals surface area contributed by atoms with Gasteiger partial charge in [-0.15, -0.1) is 0 Å². The van der Waals surface area contributed by atoms with Crippen molar-refractivity contribution in [1.29, 1.82) is 0 Å². The van der Waals surface area contributed by atoms with E-state index in [0.717, 1.165) is 36.8 Å². The number of carbonyl (C=O) groups is 4. The summed E-state index contributed by atoms with van der Waals surface area (Å²) in [5.41, 5.74) is 2.04. The number of fused-ring (bicyclic) bond motifs is 6. The number of hydrogen-bond acceptors (Lipinski definition) is 11. The van der Waals surface area contributed by atoms with E-state index in [2.05, 4.69) is 30.3 Å². The Morgan fingerprint density at radius 2 is 1.23 bits per heavy atom. The summed E-state index contributed by atoms with van der Waals surface area (Å²) in [7, 11) is 0. The van der Waals surface area contributed by atoms with Crippen molar-refractivity contribution in [3.05, 3.63) is 77.2 Å². The van der Waals surface area contributed by atoms with Crippen LogP contribution >= 0.6 is 0 Å². The number of ether oxygens (including phenoxy) is 6. The Balaban J connectivity index is 0.946. The second-order valence-corrected chi connectivity index (χ2v) is 14.1. The second-order valence-electron chi connectivity index (χ2n) is 14.1. The zero-order chi connectivity index (χ0) is 33.8. The summed E-state index contributed by atoms with van der Waals surface area (Å²) in [5, 5.41) is 0. The molecule has 0 unspecified atom stereocenters. The summed E-state index contributed by atoms with van der Waals surface area (Å²) in [6, 6.07) is 4.55.